The highest BCUT2D eigenvalue weighted by Crippen LogP contribution is 2.27. The van der Waals surface area contributed by atoms with Crippen molar-refractivity contribution in [1.29, 1.82) is 0 Å². The number of hydrogen-bond donors (Lipinski definition) is 1. The number of halogens is 3. The van der Waals surface area contributed by atoms with Gasteiger partial charge in [-0.05, 0) is 0 Å². The van der Waals surface area contributed by atoms with E-state index in [1.807, 2.05) is 0 Å². The van der Waals surface area contributed by atoms with E-state index in [0.29, 0.717) is 4.90 Å². The predicted octanol–water partition coefficient (Wildman–Crippen LogP) is 1.37. The Morgan fingerprint density at radius 2 is 2.11 bits per heavy atom. The van der Waals surface area contributed by atoms with Crippen molar-refractivity contribution in [3.05, 3.63) is 12.7 Å². The van der Waals surface area contributed by atoms with Gasteiger partial charge in [-0.25, -0.2) is 9.59 Å². The Hall–Kier alpha value is -1.77. The average Bonchev–Trinajstić information content (AvgIpc) is 2.67. The van der Waals surface area contributed by atoms with Crippen molar-refractivity contribution < 1.29 is 37.3 Å². The highest BCUT2D eigenvalue weighted by atomic mass is 19.4. The minimum Gasteiger partial charge on any atom is -0.480 e. The van der Waals surface area contributed by atoms with Gasteiger partial charge in [0, 0.05) is 6.42 Å². The van der Waals surface area contributed by atoms with Crippen molar-refractivity contribution in [1.82, 2.24) is 4.90 Å². The number of hydrogen-bond acceptors (Lipinski definition) is 4. The van der Waals surface area contributed by atoms with Crippen molar-refractivity contribution in [3.63, 3.8) is 0 Å². The number of carboxylic acid groups (broad SMARTS) is 1. The van der Waals surface area contributed by atoms with Crippen LogP contribution in [0, 0.1) is 0 Å². The molecule has 1 fully saturated rings. The maximum atomic E-state index is 12.0. The van der Waals surface area contributed by atoms with E-state index in [-0.39, 0.29) is 6.61 Å². The number of nitrogens with zero attached hydrogens (tertiary/aromatic N) is 1. The van der Waals surface area contributed by atoms with E-state index < -0.39 is 43.5 Å². The molecule has 19 heavy (non-hydrogen) atoms. The van der Waals surface area contributed by atoms with Crippen LogP contribution in [0.3, 0.4) is 0 Å². The number of carboxylic acids is 1. The second kappa shape index (κ2) is 5.91. The molecule has 1 amide bonds. The summed E-state index contributed by atoms with van der Waals surface area (Å²) in [6, 6.07) is -1.40. The van der Waals surface area contributed by atoms with Crippen molar-refractivity contribution in [2.45, 2.75) is 24.9 Å². The van der Waals surface area contributed by atoms with Crippen LogP contribution in [0.15, 0.2) is 12.7 Å². The number of carbonyl (C=O) groups excluding carboxylic acids is 1. The molecule has 1 aliphatic heterocycles. The summed E-state index contributed by atoms with van der Waals surface area (Å²) in [7, 11) is 0. The van der Waals surface area contributed by atoms with Crippen LogP contribution in [-0.4, -0.2) is 53.7 Å². The van der Waals surface area contributed by atoms with Gasteiger partial charge >= 0.3 is 18.4 Å². The second-order valence-electron chi connectivity index (χ2n) is 3.79. The predicted molar refractivity (Wildman–Crippen MR) is 55.2 cm³/mol. The molecular formula is C10H12F3NO5. The molecular weight excluding hydrogens is 271 g/mol. The highest BCUT2D eigenvalue weighted by Gasteiger charge is 2.45. The van der Waals surface area contributed by atoms with Crippen LogP contribution in [0.2, 0.25) is 0 Å². The summed E-state index contributed by atoms with van der Waals surface area (Å²) in [5, 5.41) is 8.87. The molecule has 0 aromatic rings. The second-order valence-corrected chi connectivity index (χ2v) is 3.79. The van der Waals surface area contributed by atoms with Crippen LogP contribution in [-0.2, 0) is 14.3 Å². The van der Waals surface area contributed by atoms with Gasteiger partial charge in [-0.15, -0.1) is 13.2 Å². The van der Waals surface area contributed by atoms with E-state index in [0.717, 1.165) is 0 Å². The van der Waals surface area contributed by atoms with Crippen LogP contribution in [0.4, 0.5) is 18.0 Å². The first-order valence-electron chi connectivity index (χ1n) is 5.26. The minimum absolute atomic E-state index is 0.160. The summed E-state index contributed by atoms with van der Waals surface area (Å²) in [6.45, 7) is 2.64. The molecule has 1 saturated heterocycles. The third-order valence-corrected chi connectivity index (χ3v) is 2.41. The number of ether oxygens (including phenoxy) is 2. The van der Waals surface area contributed by atoms with Gasteiger partial charge in [0.15, 0.2) is 0 Å². The van der Waals surface area contributed by atoms with Gasteiger partial charge in [0.25, 0.3) is 0 Å². The number of carbonyl (C=O) groups is 2. The molecule has 1 N–H and O–H groups in total. The number of likely N-dealkylation sites (tertiary alicyclic amines) is 1. The van der Waals surface area contributed by atoms with Crippen molar-refractivity contribution in [2.24, 2.45) is 0 Å². The summed E-state index contributed by atoms with van der Waals surface area (Å²) >= 11 is 0. The minimum atomic E-state index is -4.88. The first kappa shape index (κ1) is 15.3. The third kappa shape index (κ3) is 4.43. The van der Waals surface area contributed by atoms with E-state index in [9.17, 15) is 22.8 Å². The molecule has 2 atom stereocenters. The Labute approximate surface area is 106 Å². The van der Waals surface area contributed by atoms with E-state index in [1.165, 1.54) is 6.08 Å². The first-order valence-corrected chi connectivity index (χ1v) is 5.26. The van der Waals surface area contributed by atoms with Gasteiger partial charge in [-0.2, -0.15) is 0 Å². The maximum Gasteiger partial charge on any atom is 0.522 e. The Kier molecular flexibility index (Phi) is 4.76. The molecule has 0 unspecified atom stereocenters. The molecule has 0 spiro atoms. The lowest BCUT2D eigenvalue weighted by atomic mass is 10.2. The van der Waals surface area contributed by atoms with Crippen LogP contribution >= 0.6 is 0 Å². The molecule has 1 aliphatic rings. The Morgan fingerprint density at radius 1 is 1.47 bits per heavy atom. The van der Waals surface area contributed by atoms with Gasteiger partial charge in [-0.3, -0.25) is 9.64 Å². The molecule has 9 heteroatoms. The molecule has 1 rings (SSSR count). The summed E-state index contributed by atoms with van der Waals surface area (Å²) in [5.74, 6) is -1.41. The molecule has 0 bridgehead atoms. The van der Waals surface area contributed by atoms with Crippen LogP contribution in [0.1, 0.15) is 6.42 Å². The fourth-order valence-electron chi connectivity index (χ4n) is 1.72. The number of alkyl halides is 3. The maximum absolute atomic E-state index is 12.0. The van der Waals surface area contributed by atoms with Crippen molar-refractivity contribution in [3.8, 4) is 0 Å². The summed E-state index contributed by atoms with van der Waals surface area (Å²) in [6.07, 6.45) is -6.50. The van der Waals surface area contributed by atoms with E-state index >= 15 is 0 Å². The Morgan fingerprint density at radius 3 is 2.58 bits per heavy atom. The number of amides is 1. The standard InChI is InChI=1S/C10H12F3NO5/c1-2-3-18-9(17)14-5-6(19-10(11,12)13)4-7(14)8(15)16/h2,6-7H,1,3-5H2,(H,15,16)/t6-,7+/m0/s1. The van der Waals surface area contributed by atoms with Crippen molar-refractivity contribution >= 4 is 12.1 Å². The van der Waals surface area contributed by atoms with Gasteiger partial charge < -0.3 is 9.84 Å². The monoisotopic (exact) mass is 283 g/mol. The summed E-state index contributed by atoms with van der Waals surface area (Å²) in [4.78, 5) is 23.1. The highest BCUT2D eigenvalue weighted by molar-refractivity contribution is 5.80. The van der Waals surface area contributed by atoms with Gasteiger partial charge in [-0.1, -0.05) is 12.7 Å². The van der Waals surface area contributed by atoms with E-state index in [2.05, 4.69) is 16.1 Å². The smallest absolute Gasteiger partial charge is 0.480 e. The largest absolute Gasteiger partial charge is 0.522 e. The van der Waals surface area contributed by atoms with Crippen LogP contribution in [0.25, 0.3) is 0 Å². The van der Waals surface area contributed by atoms with Crippen molar-refractivity contribution in [2.75, 3.05) is 13.2 Å². The first-order chi connectivity index (χ1) is 8.74. The molecule has 108 valence electrons. The lowest BCUT2D eigenvalue weighted by Gasteiger charge is -2.20. The quantitative estimate of drug-likeness (QED) is 0.789. The Bertz CT molecular complexity index is 371. The van der Waals surface area contributed by atoms with Gasteiger partial charge in [0.2, 0.25) is 0 Å². The normalized spacial score (nSPS) is 23.2. The SMILES string of the molecule is C=CCOC(=O)N1C[C@@H](OC(F)(F)F)C[C@@H]1C(=O)O. The summed E-state index contributed by atoms with van der Waals surface area (Å²) < 4.78 is 44.5. The lowest BCUT2D eigenvalue weighted by Crippen LogP contribution is -2.41. The average molecular weight is 283 g/mol. The van der Waals surface area contributed by atoms with Gasteiger partial charge in [0.05, 0.1) is 12.6 Å². The van der Waals surface area contributed by atoms with Crippen LogP contribution < -0.4 is 0 Å². The van der Waals surface area contributed by atoms with E-state index in [1.54, 1.807) is 0 Å². The topological polar surface area (TPSA) is 76.1 Å². The molecule has 0 saturated carbocycles. The molecule has 0 aromatic heterocycles. The Balaban J connectivity index is 2.70. The number of rotatable bonds is 4. The fourth-order valence-corrected chi connectivity index (χ4v) is 1.72. The number of aliphatic carboxylic acids is 1. The molecule has 0 aromatic carbocycles. The fraction of sp³-hybridized carbons (Fsp3) is 0.600. The van der Waals surface area contributed by atoms with Gasteiger partial charge in [0.1, 0.15) is 12.6 Å². The molecule has 0 aliphatic carbocycles. The molecule has 0 radical (unpaired) electrons. The zero-order valence-electron chi connectivity index (χ0n) is 9.72. The zero-order chi connectivity index (χ0) is 14.6. The zero-order valence-corrected chi connectivity index (χ0v) is 9.72. The molecule has 6 nitrogen and oxygen atoms in total. The third-order valence-electron chi connectivity index (χ3n) is 2.41. The molecule has 1 heterocycles. The van der Waals surface area contributed by atoms with E-state index in [4.69, 9.17) is 5.11 Å². The lowest BCUT2D eigenvalue weighted by molar-refractivity contribution is -0.340. The summed E-state index contributed by atoms with van der Waals surface area (Å²) in [5.41, 5.74) is 0. The van der Waals surface area contributed by atoms with Crippen LogP contribution in [0.5, 0.6) is 0 Å².